The second-order valence-electron chi connectivity index (χ2n) is 5.63. The van der Waals surface area contributed by atoms with E-state index in [1.807, 2.05) is 39.5 Å². The third-order valence-electron chi connectivity index (χ3n) is 4.38. The van der Waals surface area contributed by atoms with Crippen molar-refractivity contribution in [2.24, 2.45) is 16.7 Å². The maximum Gasteiger partial charge on any atom is 0.146 e. The molecule has 1 heterocycles. The molecule has 2 nitrogen and oxygen atoms in total. The number of thioether (sulfide) groups is 1. The molecule has 0 amide bonds. The maximum absolute atomic E-state index is 12.1. The lowest BCUT2D eigenvalue weighted by Crippen LogP contribution is -2.73. The predicted molar refractivity (Wildman–Crippen MR) is 61.5 cm³/mol. The minimum atomic E-state index is -0.335. The summed E-state index contributed by atoms with van der Waals surface area (Å²) in [7, 11) is 0. The van der Waals surface area contributed by atoms with Gasteiger partial charge in [0.1, 0.15) is 5.78 Å². The smallest absolute Gasteiger partial charge is 0.146 e. The number of hydrogen-bond donors (Lipinski definition) is 0. The molecule has 1 atom stereocenters. The molecule has 1 aliphatic heterocycles. The van der Waals surface area contributed by atoms with E-state index in [1.165, 1.54) is 0 Å². The monoisotopic (exact) mass is 223 g/mol. The van der Waals surface area contributed by atoms with Crippen LogP contribution in [0, 0.1) is 28.1 Å². The summed E-state index contributed by atoms with van der Waals surface area (Å²) < 4.78 is -0.147. The quantitative estimate of drug-likeness (QED) is 0.634. The van der Waals surface area contributed by atoms with E-state index in [-0.39, 0.29) is 21.5 Å². The zero-order chi connectivity index (χ0) is 11.5. The van der Waals surface area contributed by atoms with Crippen molar-refractivity contribution < 1.29 is 4.79 Å². The first-order valence-electron chi connectivity index (χ1n) is 5.41. The van der Waals surface area contributed by atoms with Gasteiger partial charge in [-0.2, -0.15) is 17.0 Å². The molecular weight excluding hydrogens is 206 g/mol. The Morgan fingerprint density at radius 1 is 1.33 bits per heavy atom. The second-order valence-corrected chi connectivity index (χ2v) is 6.97. The van der Waals surface area contributed by atoms with E-state index in [9.17, 15) is 10.1 Å². The summed E-state index contributed by atoms with van der Waals surface area (Å²) in [4.78, 5) is 12.1. The molecule has 0 aromatic heterocycles. The van der Waals surface area contributed by atoms with Crippen LogP contribution in [0.3, 0.4) is 0 Å². The zero-order valence-corrected chi connectivity index (χ0v) is 10.6. The normalized spacial score (nSPS) is 34.9. The minimum absolute atomic E-state index is 0.0326. The van der Waals surface area contributed by atoms with Crippen LogP contribution in [-0.4, -0.2) is 16.3 Å². The molecule has 0 aromatic rings. The number of rotatable bonds is 0. The van der Waals surface area contributed by atoms with Crippen LogP contribution in [0.1, 0.15) is 34.1 Å². The molecule has 1 aliphatic carbocycles. The van der Waals surface area contributed by atoms with Crippen molar-refractivity contribution in [1.29, 1.82) is 5.26 Å². The van der Waals surface area contributed by atoms with Gasteiger partial charge in [0, 0.05) is 10.8 Å². The van der Waals surface area contributed by atoms with Crippen molar-refractivity contribution in [2.75, 3.05) is 5.75 Å². The van der Waals surface area contributed by atoms with Crippen LogP contribution in [-0.2, 0) is 4.79 Å². The third-order valence-corrected chi connectivity index (χ3v) is 6.58. The van der Waals surface area contributed by atoms with E-state index in [4.69, 9.17) is 0 Å². The van der Waals surface area contributed by atoms with E-state index in [0.29, 0.717) is 5.78 Å². The first kappa shape index (κ1) is 11.0. The topological polar surface area (TPSA) is 40.9 Å². The van der Waals surface area contributed by atoms with E-state index < -0.39 is 0 Å². The minimum Gasteiger partial charge on any atom is -0.298 e. The molecule has 1 saturated heterocycles. The molecule has 2 rings (SSSR count). The molecule has 1 unspecified atom stereocenters. The van der Waals surface area contributed by atoms with Gasteiger partial charge < -0.3 is 0 Å². The second kappa shape index (κ2) is 2.79. The van der Waals surface area contributed by atoms with Gasteiger partial charge >= 0.3 is 0 Å². The Labute approximate surface area is 95.4 Å². The number of nitrogens with zero attached hydrogens (tertiary/aromatic N) is 1. The lowest BCUT2D eigenvalue weighted by Gasteiger charge is -2.64. The Morgan fingerprint density at radius 3 is 2.33 bits per heavy atom. The summed E-state index contributed by atoms with van der Waals surface area (Å²) in [6.45, 7) is 8.01. The van der Waals surface area contributed by atoms with E-state index in [2.05, 4.69) is 6.07 Å². The van der Waals surface area contributed by atoms with Gasteiger partial charge in [-0.05, 0) is 12.2 Å². The Bertz CT molecular complexity index is 346. The summed E-state index contributed by atoms with van der Waals surface area (Å²) in [5, 5.41) is 9.24. The summed E-state index contributed by atoms with van der Waals surface area (Å²) >= 11 is 1.84. The highest BCUT2D eigenvalue weighted by atomic mass is 32.2. The summed E-state index contributed by atoms with van der Waals surface area (Å²) in [5.41, 5.74) is -0.671. The summed E-state index contributed by atoms with van der Waals surface area (Å²) in [5.74, 6) is 1.35. The fourth-order valence-corrected chi connectivity index (χ4v) is 5.82. The Morgan fingerprint density at radius 2 is 1.87 bits per heavy atom. The maximum atomic E-state index is 12.1. The van der Waals surface area contributed by atoms with Gasteiger partial charge in [-0.15, -0.1) is 0 Å². The van der Waals surface area contributed by atoms with E-state index in [1.54, 1.807) is 0 Å². The van der Waals surface area contributed by atoms with Gasteiger partial charge in [0.15, 0.2) is 0 Å². The van der Waals surface area contributed by atoms with Crippen LogP contribution in [0.4, 0.5) is 0 Å². The average Bonchev–Trinajstić information content (AvgIpc) is 2.61. The lowest BCUT2D eigenvalue weighted by atomic mass is 9.43. The van der Waals surface area contributed by atoms with E-state index >= 15 is 0 Å². The van der Waals surface area contributed by atoms with Gasteiger partial charge in [0.05, 0.1) is 16.7 Å². The van der Waals surface area contributed by atoms with Crippen molar-refractivity contribution in [2.45, 2.75) is 38.9 Å². The highest BCUT2D eigenvalue weighted by Crippen LogP contribution is 2.71. The molecule has 2 fully saturated rings. The van der Waals surface area contributed by atoms with Crippen molar-refractivity contribution in [3.05, 3.63) is 0 Å². The van der Waals surface area contributed by atoms with Gasteiger partial charge in [-0.3, -0.25) is 4.79 Å². The van der Waals surface area contributed by atoms with Gasteiger partial charge in [-0.1, -0.05) is 27.7 Å². The van der Waals surface area contributed by atoms with Crippen LogP contribution < -0.4 is 0 Å². The molecule has 0 aromatic carbocycles. The van der Waals surface area contributed by atoms with Gasteiger partial charge in [0.25, 0.3) is 0 Å². The standard InChI is InChI=1S/C12H17NOS/c1-10(2)9(14)11(3,4)12(10)8(7-13)5-6-15-12/h8H,5-6H2,1-4H3. The van der Waals surface area contributed by atoms with Crippen LogP contribution in [0.2, 0.25) is 0 Å². The zero-order valence-electron chi connectivity index (χ0n) is 9.76. The molecule has 1 spiro atoms. The number of carbonyl (C=O) groups is 1. The number of hydrogen-bond acceptors (Lipinski definition) is 3. The van der Waals surface area contributed by atoms with Crippen LogP contribution >= 0.6 is 11.8 Å². The number of Topliss-reactive ketones (excluding diaryl/α,β-unsaturated/α-hetero) is 1. The number of nitriles is 1. The molecule has 0 bridgehead atoms. The van der Waals surface area contributed by atoms with Crippen molar-refractivity contribution in [1.82, 2.24) is 0 Å². The van der Waals surface area contributed by atoms with Gasteiger partial charge in [0.2, 0.25) is 0 Å². The van der Waals surface area contributed by atoms with E-state index in [0.717, 1.165) is 12.2 Å². The summed E-state index contributed by atoms with van der Waals surface area (Å²) in [6.07, 6.45) is 0.932. The molecule has 1 saturated carbocycles. The molecule has 2 aliphatic rings. The Kier molecular flexibility index (Phi) is 2.05. The van der Waals surface area contributed by atoms with Crippen LogP contribution in [0.15, 0.2) is 0 Å². The highest BCUT2D eigenvalue weighted by Gasteiger charge is 2.76. The number of ketones is 1. The first-order valence-corrected chi connectivity index (χ1v) is 6.39. The third kappa shape index (κ3) is 0.903. The Hall–Kier alpha value is -0.490. The number of carbonyl (C=O) groups excluding carboxylic acids is 1. The summed E-state index contributed by atoms with van der Waals surface area (Å²) in [6, 6.07) is 2.42. The van der Waals surface area contributed by atoms with Gasteiger partial charge in [-0.25, -0.2) is 0 Å². The fraction of sp³-hybridized carbons (Fsp3) is 0.833. The fourth-order valence-electron chi connectivity index (χ4n) is 3.87. The largest absolute Gasteiger partial charge is 0.298 e. The lowest BCUT2D eigenvalue weighted by molar-refractivity contribution is -0.162. The molecule has 0 N–H and O–H groups in total. The molecule has 0 radical (unpaired) electrons. The molecule has 3 heteroatoms. The van der Waals surface area contributed by atoms with Crippen LogP contribution in [0.5, 0.6) is 0 Å². The van der Waals surface area contributed by atoms with Crippen molar-refractivity contribution in [3.8, 4) is 6.07 Å². The van der Waals surface area contributed by atoms with Crippen LogP contribution in [0.25, 0.3) is 0 Å². The Balaban J connectivity index is 2.52. The SMILES string of the molecule is CC1(C)C(=O)C(C)(C)C12SCCC2C#N. The van der Waals surface area contributed by atoms with Crippen molar-refractivity contribution >= 4 is 17.5 Å². The average molecular weight is 223 g/mol. The molecular formula is C12H17NOS. The van der Waals surface area contributed by atoms with Crippen molar-refractivity contribution in [3.63, 3.8) is 0 Å². The highest BCUT2D eigenvalue weighted by molar-refractivity contribution is 8.01. The first-order chi connectivity index (χ1) is 6.82. The molecule has 82 valence electrons. The predicted octanol–water partition coefficient (Wildman–Crippen LogP) is 2.64. The molecule has 15 heavy (non-hydrogen) atoms.